The Balaban J connectivity index is 2.39. The van der Waals surface area contributed by atoms with Crippen molar-refractivity contribution in [1.82, 2.24) is 5.32 Å². The van der Waals surface area contributed by atoms with Gasteiger partial charge in [-0.25, -0.2) is 0 Å². The molecule has 1 aliphatic rings. The average molecular weight is 300 g/mol. The molecule has 0 aromatic heterocycles. The monoisotopic (exact) mass is 299 g/mol. The first-order valence-corrected chi connectivity index (χ1v) is 5.90. The first-order valence-electron chi connectivity index (χ1n) is 4.29. The van der Waals surface area contributed by atoms with Crippen molar-refractivity contribution >= 4 is 44.9 Å². The molecule has 2 amide bonds. The van der Waals surface area contributed by atoms with Crippen molar-refractivity contribution in [3.05, 3.63) is 33.1 Å². The second-order valence-electron chi connectivity index (χ2n) is 3.06. The van der Waals surface area contributed by atoms with Gasteiger partial charge in [0, 0.05) is 10.0 Å². The first kappa shape index (κ1) is 11.2. The summed E-state index contributed by atoms with van der Waals surface area (Å²) in [7, 11) is 0. The highest BCUT2D eigenvalue weighted by Gasteiger charge is 2.25. The van der Waals surface area contributed by atoms with E-state index in [9.17, 15) is 14.7 Å². The fraction of sp³-hybridized carbons (Fsp3) is 0. The highest BCUT2D eigenvalue weighted by Crippen LogP contribution is 2.30. The van der Waals surface area contributed by atoms with Gasteiger partial charge in [-0.05, 0) is 36.0 Å². The molecule has 0 radical (unpaired) electrons. The molecule has 1 heterocycles. The van der Waals surface area contributed by atoms with Gasteiger partial charge in [0.1, 0.15) is 5.75 Å². The standard InChI is InChI=1S/C10H6BrNO3S/c11-6-1-2-7(13)5(3-6)4-8-9(14)12-10(15)16-8/h1-4,13H,(H,12,14,15). The minimum atomic E-state index is -0.436. The molecule has 0 atom stereocenters. The summed E-state index contributed by atoms with van der Waals surface area (Å²) in [5.41, 5.74) is 0.488. The molecule has 0 unspecified atom stereocenters. The Morgan fingerprint density at radius 2 is 2.12 bits per heavy atom. The van der Waals surface area contributed by atoms with Crippen LogP contribution in [-0.2, 0) is 4.79 Å². The molecule has 0 aliphatic carbocycles. The van der Waals surface area contributed by atoms with Gasteiger partial charge in [-0.3, -0.25) is 14.9 Å². The third-order valence-electron chi connectivity index (χ3n) is 1.92. The molecule has 16 heavy (non-hydrogen) atoms. The number of hydrogen-bond acceptors (Lipinski definition) is 4. The first-order chi connectivity index (χ1) is 7.56. The van der Waals surface area contributed by atoms with E-state index in [1.54, 1.807) is 12.1 Å². The molecular weight excluding hydrogens is 294 g/mol. The molecule has 1 aliphatic heterocycles. The predicted octanol–water partition coefficient (Wildman–Crippen LogP) is 2.48. The van der Waals surface area contributed by atoms with Gasteiger partial charge < -0.3 is 5.11 Å². The number of phenolic OH excluding ortho intramolecular Hbond substituents is 1. The smallest absolute Gasteiger partial charge is 0.290 e. The summed E-state index contributed by atoms with van der Waals surface area (Å²) >= 11 is 4.08. The molecular formula is C10H6BrNO3S. The zero-order chi connectivity index (χ0) is 11.7. The Labute approximate surface area is 104 Å². The number of aromatic hydroxyl groups is 1. The topological polar surface area (TPSA) is 66.4 Å². The molecule has 0 saturated carbocycles. The van der Waals surface area contributed by atoms with E-state index in [4.69, 9.17) is 0 Å². The van der Waals surface area contributed by atoms with Crippen LogP contribution in [0.2, 0.25) is 0 Å². The Morgan fingerprint density at radius 3 is 2.75 bits per heavy atom. The minimum absolute atomic E-state index is 0.0587. The lowest BCUT2D eigenvalue weighted by Crippen LogP contribution is -2.17. The lowest BCUT2D eigenvalue weighted by molar-refractivity contribution is -0.115. The van der Waals surface area contributed by atoms with Crippen LogP contribution in [0.5, 0.6) is 5.75 Å². The Kier molecular flexibility index (Phi) is 3.02. The molecule has 2 N–H and O–H groups in total. The molecule has 1 aromatic rings. The fourth-order valence-electron chi connectivity index (χ4n) is 1.20. The summed E-state index contributed by atoms with van der Waals surface area (Å²) < 4.78 is 0.784. The number of imide groups is 1. The maximum Gasteiger partial charge on any atom is 0.290 e. The Hall–Kier alpha value is -1.27. The SMILES string of the molecule is O=C1NC(=O)C(=Cc2cc(Br)ccc2O)S1. The van der Waals surface area contributed by atoms with E-state index >= 15 is 0 Å². The van der Waals surface area contributed by atoms with E-state index in [0.717, 1.165) is 16.2 Å². The summed E-state index contributed by atoms with van der Waals surface area (Å²) in [5.74, 6) is -0.377. The number of carbonyl (C=O) groups is 2. The van der Waals surface area contributed by atoms with Crippen LogP contribution in [0, 0.1) is 0 Å². The van der Waals surface area contributed by atoms with Gasteiger partial charge in [-0.1, -0.05) is 15.9 Å². The molecule has 0 spiro atoms. The van der Waals surface area contributed by atoms with Crippen molar-refractivity contribution in [1.29, 1.82) is 0 Å². The van der Waals surface area contributed by atoms with Gasteiger partial charge in [-0.15, -0.1) is 0 Å². The quantitative estimate of drug-likeness (QED) is 0.782. The van der Waals surface area contributed by atoms with Crippen LogP contribution in [0.15, 0.2) is 27.6 Å². The van der Waals surface area contributed by atoms with Gasteiger partial charge in [0.15, 0.2) is 0 Å². The van der Waals surface area contributed by atoms with Crippen LogP contribution in [0.4, 0.5) is 4.79 Å². The van der Waals surface area contributed by atoms with E-state index < -0.39 is 11.1 Å². The van der Waals surface area contributed by atoms with Gasteiger partial charge in [0.2, 0.25) is 0 Å². The van der Waals surface area contributed by atoms with Crippen LogP contribution in [-0.4, -0.2) is 16.3 Å². The van der Waals surface area contributed by atoms with E-state index in [2.05, 4.69) is 21.2 Å². The van der Waals surface area contributed by atoms with Crippen LogP contribution in [0.1, 0.15) is 5.56 Å². The van der Waals surface area contributed by atoms with Gasteiger partial charge in [0.05, 0.1) is 4.91 Å². The number of amides is 2. The van der Waals surface area contributed by atoms with E-state index in [1.807, 2.05) is 0 Å². The summed E-state index contributed by atoms with van der Waals surface area (Å²) in [6, 6.07) is 4.86. The van der Waals surface area contributed by atoms with Crippen molar-refractivity contribution in [2.75, 3.05) is 0 Å². The molecule has 1 saturated heterocycles. The normalized spacial score (nSPS) is 17.9. The van der Waals surface area contributed by atoms with Crippen molar-refractivity contribution in [3.8, 4) is 5.75 Å². The zero-order valence-corrected chi connectivity index (χ0v) is 10.3. The van der Waals surface area contributed by atoms with E-state index in [1.165, 1.54) is 12.1 Å². The predicted molar refractivity (Wildman–Crippen MR) is 64.9 cm³/mol. The number of phenols is 1. The summed E-state index contributed by atoms with van der Waals surface area (Å²) in [6.07, 6.45) is 1.48. The van der Waals surface area contributed by atoms with Crippen molar-refractivity contribution in [2.24, 2.45) is 0 Å². The minimum Gasteiger partial charge on any atom is -0.507 e. The molecule has 4 nitrogen and oxygen atoms in total. The van der Waals surface area contributed by atoms with Gasteiger partial charge >= 0.3 is 0 Å². The molecule has 1 fully saturated rings. The second-order valence-corrected chi connectivity index (χ2v) is 4.99. The van der Waals surface area contributed by atoms with Gasteiger partial charge in [0.25, 0.3) is 11.1 Å². The second kappa shape index (κ2) is 4.31. The van der Waals surface area contributed by atoms with Crippen molar-refractivity contribution < 1.29 is 14.7 Å². The van der Waals surface area contributed by atoms with Crippen LogP contribution in [0.25, 0.3) is 6.08 Å². The molecule has 82 valence electrons. The number of rotatable bonds is 1. The maximum atomic E-state index is 11.3. The third kappa shape index (κ3) is 2.28. The number of benzene rings is 1. The van der Waals surface area contributed by atoms with E-state index in [0.29, 0.717) is 5.56 Å². The summed E-state index contributed by atoms with van der Waals surface area (Å²) in [5, 5.41) is 11.3. The lowest BCUT2D eigenvalue weighted by atomic mass is 10.2. The highest BCUT2D eigenvalue weighted by atomic mass is 79.9. The molecule has 2 rings (SSSR count). The zero-order valence-electron chi connectivity index (χ0n) is 7.86. The number of nitrogens with one attached hydrogen (secondary N) is 1. The maximum absolute atomic E-state index is 11.3. The summed E-state index contributed by atoms with van der Waals surface area (Å²) in [4.78, 5) is 22.5. The van der Waals surface area contributed by atoms with Crippen molar-refractivity contribution in [3.63, 3.8) is 0 Å². The van der Waals surface area contributed by atoms with Crippen LogP contribution < -0.4 is 5.32 Å². The molecule has 6 heteroatoms. The fourth-order valence-corrected chi connectivity index (χ4v) is 2.26. The largest absolute Gasteiger partial charge is 0.507 e. The lowest BCUT2D eigenvalue weighted by Gasteiger charge is -2.00. The van der Waals surface area contributed by atoms with Crippen LogP contribution >= 0.6 is 27.7 Å². The average Bonchev–Trinajstić information content (AvgIpc) is 2.51. The summed E-state index contributed by atoms with van der Waals surface area (Å²) in [6.45, 7) is 0. The van der Waals surface area contributed by atoms with Crippen LogP contribution in [0.3, 0.4) is 0 Å². The number of hydrogen-bond donors (Lipinski definition) is 2. The van der Waals surface area contributed by atoms with Gasteiger partial charge in [-0.2, -0.15) is 0 Å². The number of carbonyl (C=O) groups excluding carboxylic acids is 2. The number of halogens is 1. The van der Waals surface area contributed by atoms with Crippen molar-refractivity contribution in [2.45, 2.75) is 0 Å². The molecule has 1 aromatic carbocycles. The number of thioether (sulfide) groups is 1. The third-order valence-corrected chi connectivity index (χ3v) is 3.22. The Bertz CT molecular complexity index is 513. The molecule has 0 bridgehead atoms. The Morgan fingerprint density at radius 1 is 1.38 bits per heavy atom. The van der Waals surface area contributed by atoms with E-state index in [-0.39, 0.29) is 10.7 Å². The highest BCUT2D eigenvalue weighted by molar-refractivity contribution is 9.10.